The molecule has 18 nitrogen and oxygen atoms in total. The quantitative estimate of drug-likeness (QED) is 0.122. The number of aromatic nitrogens is 2. The fourth-order valence-electron chi connectivity index (χ4n) is 5.89. The van der Waals surface area contributed by atoms with Crippen LogP contribution in [-0.4, -0.2) is 57.2 Å². The number of nitrogens with one attached hydrogen (secondary N) is 4. The van der Waals surface area contributed by atoms with Crippen molar-refractivity contribution in [3.8, 4) is 0 Å². The first kappa shape index (κ1) is 45.4. The molecule has 332 valence electrons. The minimum absolute atomic E-state index is 0.161. The van der Waals surface area contributed by atoms with Crippen LogP contribution in [0, 0.1) is 13.8 Å². The number of aryl methyl sites for hydroxylation is 2. The van der Waals surface area contributed by atoms with Crippen molar-refractivity contribution in [2.24, 2.45) is 20.6 Å². The first-order valence-corrected chi connectivity index (χ1v) is 21.5. The van der Waals surface area contributed by atoms with Gasteiger partial charge < -0.3 is 0 Å². The van der Waals surface area contributed by atoms with Gasteiger partial charge >= 0.3 is 24.4 Å². The largest absolute Gasteiger partial charge is 0.437 e. The van der Waals surface area contributed by atoms with Crippen molar-refractivity contribution >= 4 is 105 Å². The lowest BCUT2D eigenvalue weighted by Crippen LogP contribution is -2.16. The minimum atomic E-state index is -0.941. The molecule has 4 aromatic heterocycles. The first-order valence-electron chi connectivity index (χ1n) is 19.7. The molecule has 4 N–H and O–H groups in total. The number of nitrogens with zero attached hydrogens (tertiary/aromatic N) is 6. The summed E-state index contributed by atoms with van der Waals surface area (Å²) < 4.78 is 0. The molecule has 0 saturated carbocycles. The molecule has 1 aliphatic heterocycles. The summed E-state index contributed by atoms with van der Waals surface area (Å²) in [5.74, 6) is 0. The molecule has 5 heterocycles. The van der Waals surface area contributed by atoms with Crippen molar-refractivity contribution < 1.29 is 38.5 Å². The Labute approximate surface area is 385 Å². The highest BCUT2D eigenvalue weighted by Gasteiger charge is 2.15. The molecule has 0 spiro atoms. The van der Waals surface area contributed by atoms with Gasteiger partial charge in [0.05, 0.1) is 22.8 Å². The number of benzene rings is 2. The second kappa shape index (κ2) is 21.6. The zero-order valence-corrected chi connectivity index (χ0v) is 37.1. The van der Waals surface area contributed by atoms with Gasteiger partial charge in [-0.2, -0.15) is 0 Å². The third-order valence-corrected chi connectivity index (χ3v) is 10.5. The van der Waals surface area contributed by atoms with Crippen LogP contribution in [0.5, 0.6) is 0 Å². The molecule has 0 saturated heterocycles. The molecule has 1 aliphatic rings. The van der Waals surface area contributed by atoms with E-state index in [1.807, 2.05) is 35.0 Å². The van der Waals surface area contributed by atoms with Crippen LogP contribution in [0.3, 0.4) is 0 Å². The zero-order valence-electron chi connectivity index (χ0n) is 35.5. The summed E-state index contributed by atoms with van der Waals surface area (Å²) >= 11 is 2.97. The number of fused-ring (bicyclic) bond motifs is 8. The van der Waals surface area contributed by atoms with Crippen molar-refractivity contribution in [3.05, 3.63) is 164 Å². The predicted molar refractivity (Wildman–Crippen MR) is 255 cm³/mol. The molecule has 0 fully saturated rings. The fraction of sp³-hybridized carbons (Fsp3) is 0.0870. The van der Waals surface area contributed by atoms with E-state index in [-0.39, 0.29) is 57.0 Å². The van der Waals surface area contributed by atoms with Crippen LogP contribution >= 0.6 is 22.7 Å². The molecule has 0 atom stereocenters. The van der Waals surface area contributed by atoms with E-state index >= 15 is 0 Å². The Morgan fingerprint density at radius 3 is 1.14 bits per heavy atom. The summed E-state index contributed by atoms with van der Waals surface area (Å²) in [4.78, 5) is 84.1. The summed E-state index contributed by atoms with van der Waals surface area (Å²) in [7, 11) is 0. The van der Waals surface area contributed by atoms with Crippen molar-refractivity contribution in [1.82, 2.24) is 9.97 Å². The maximum Gasteiger partial charge on any atom is 0.437 e. The molecule has 20 heteroatoms. The summed E-state index contributed by atoms with van der Waals surface area (Å²) in [5, 5.41) is 30.4. The van der Waals surface area contributed by atoms with Gasteiger partial charge in [-0.05, 0) is 147 Å². The summed E-state index contributed by atoms with van der Waals surface area (Å²) in [6.45, 7) is 6.69. The van der Waals surface area contributed by atoms with Crippen molar-refractivity contribution in [2.45, 2.75) is 27.7 Å². The van der Waals surface area contributed by atoms with Crippen molar-refractivity contribution in [3.63, 3.8) is 0 Å². The second-order valence-electron chi connectivity index (χ2n) is 14.0. The number of allylic oxidation sites excluding steroid dienone is 2. The third-order valence-electron chi connectivity index (χ3n) is 8.79. The van der Waals surface area contributed by atoms with E-state index in [1.165, 1.54) is 34.8 Å². The lowest BCUT2D eigenvalue weighted by atomic mass is 10.1. The lowest BCUT2D eigenvalue weighted by Gasteiger charge is -2.10. The molecule has 2 aromatic carbocycles. The number of oxime groups is 4. The topological polar surface area (TPSA) is 229 Å². The average Bonchev–Trinajstić information content (AvgIpc) is 4.02. The van der Waals surface area contributed by atoms with Gasteiger partial charge in [0.25, 0.3) is 0 Å². The highest BCUT2D eigenvalue weighted by atomic mass is 32.1. The fourth-order valence-corrected chi connectivity index (χ4v) is 7.13. The molecule has 0 unspecified atom stereocenters. The molecular formula is C46H38N10O8S2. The van der Waals surface area contributed by atoms with Crippen LogP contribution in [0.1, 0.15) is 57.5 Å². The van der Waals surface area contributed by atoms with Gasteiger partial charge in [0.1, 0.15) is 22.8 Å². The summed E-state index contributed by atoms with van der Waals surface area (Å²) in [6, 6.07) is 27.2. The number of carbonyl (C=O) groups excluding carboxylic acids is 4. The van der Waals surface area contributed by atoms with Crippen LogP contribution in [0.15, 0.2) is 141 Å². The molecule has 6 aromatic rings. The Morgan fingerprint density at radius 1 is 0.424 bits per heavy atom. The Hall–Kier alpha value is -8.62. The lowest BCUT2D eigenvalue weighted by molar-refractivity contribution is 0.165. The van der Waals surface area contributed by atoms with E-state index in [4.69, 9.17) is 24.3 Å². The van der Waals surface area contributed by atoms with Gasteiger partial charge in [-0.25, -0.2) is 29.1 Å². The van der Waals surface area contributed by atoms with E-state index in [9.17, 15) is 19.2 Å². The highest BCUT2D eigenvalue weighted by molar-refractivity contribution is 7.11. The number of thiophene rings is 2. The standard InChI is InChI=1S/C46H38N10O8S2/c1-27-21-31-25-33(23-27)49-45(59)63-55-41(17-15-35-9-7-19-65-35)39-13-6-14-40(52-39)42(18-16-36-10-8-20-66-36)56-64-46(60)50-34-24-28(2)22-32(26-34)48-44(58)62-54-30(4)38-12-5-11-37(51-38)29(3)53-61-43(57)47-31/h5-26H,1-4H3,(H,47,57)(H,48,58)(H,49,59)(H,50,60)/b17-15+,18-16+,53-29?,54-30?,55-41?,56-42?. The number of amides is 4. The zero-order chi connectivity index (χ0) is 46.4. The van der Waals surface area contributed by atoms with E-state index in [2.05, 4.69) is 46.9 Å². The van der Waals surface area contributed by atoms with Gasteiger partial charge in [0.15, 0.2) is 0 Å². The maximum atomic E-state index is 13.2. The Balaban J connectivity index is 1.23. The number of pyridine rings is 2. The maximum absolute atomic E-state index is 13.2. The number of carbonyl (C=O) groups is 4. The van der Waals surface area contributed by atoms with Crippen LogP contribution < -0.4 is 21.3 Å². The monoisotopic (exact) mass is 922 g/mol. The normalized spacial score (nSPS) is 14.5. The van der Waals surface area contributed by atoms with Crippen LogP contribution in [-0.2, 0) is 19.4 Å². The van der Waals surface area contributed by atoms with Gasteiger partial charge in [-0.3, -0.25) is 40.6 Å². The minimum Gasteiger partial charge on any atom is -0.297 e. The molecular weight excluding hydrogens is 885 g/mol. The van der Waals surface area contributed by atoms with Crippen LogP contribution in [0.4, 0.5) is 41.9 Å². The highest BCUT2D eigenvalue weighted by Crippen LogP contribution is 2.22. The van der Waals surface area contributed by atoms with Gasteiger partial charge in [0.2, 0.25) is 0 Å². The second-order valence-corrected chi connectivity index (χ2v) is 16.0. The molecule has 7 rings (SSSR count). The third kappa shape index (κ3) is 13.2. The van der Waals surface area contributed by atoms with Crippen molar-refractivity contribution in [2.75, 3.05) is 21.3 Å². The van der Waals surface area contributed by atoms with Crippen molar-refractivity contribution in [1.29, 1.82) is 0 Å². The van der Waals surface area contributed by atoms with E-state index in [0.717, 1.165) is 9.75 Å². The Morgan fingerprint density at radius 2 is 0.773 bits per heavy atom. The average molecular weight is 923 g/mol. The molecule has 0 aliphatic carbocycles. The van der Waals surface area contributed by atoms with Gasteiger partial charge in [0, 0.05) is 32.5 Å². The van der Waals surface area contributed by atoms with Gasteiger partial charge in [-0.1, -0.05) is 44.9 Å². The van der Waals surface area contributed by atoms with Gasteiger partial charge in [-0.15, -0.1) is 22.7 Å². The Kier molecular flexibility index (Phi) is 14.9. The predicted octanol–water partition coefficient (Wildman–Crippen LogP) is 10.8. The number of anilines is 4. The molecule has 66 heavy (non-hydrogen) atoms. The number of hydrogen-bond donors (Lipinski definition) is 4. The summed E-state index contributed by atoms with van der Waals surface area (Å²) in [5.41, 5.74) is 4.54. The molecule has 8 bridgehead atoms. The number of hydrogen-bond acceptors (Lipinski definition) is 16. The van der Waals surface area contributed by atoms with Crippen LogP contribution in [0.25, 0.3) is 12.2 Å². The molecule has 0 radical (unpaired) electrons. The SMILES string of the molecule is CC1=NOC(=O)Nc2cc(C)cc(c2)NC(=O)ON=C(/C=C/c2cccs2)c2cccc(n2)C(/C=C/c2cccs2)=NOC(=O)Nc2cc(C)cc(c2)NC(=O)ON=C(C)c2cccc1n2. The van der Waals surface area contributed by atoms with E-state index < -0.39 is 24.4 Å². The summed E-state index contributed by atoms with van der Waals surface area (Å²) in [6.07, 6.45) is 3.12. The van der Waals surface area contributed by atoms with Crippen LogP contribution in [0.2, 0.25) is 0 Å². The first-order chi connectivity index (χ1) is 31.9. The number of rotatable bonds is 4. The smallest absolute Gasteiger partial charge is 0.297 e. The van der Waals surface area contributed by atoms with E-state index in [0.29, 0.717) is 22.5 Å². The molecule has 4 amide bonds. The van der Waals surface area contributed by atoms with E-state index in [1.54, 1.807) is 113 Å². The Bertz CT molecular complexity index is 2770.